The Kier molecular flexibility index (Phi) is 5.04. The summed E-state index contributed by atoms with van der Waals surface area (Å²) in [4.78, 5) is 17.9. The van der Waals surface area contributed by atoms with Gasteiger partial charge in [-0.15, -0.1) is 0 Å². The van der Waals surface area contributed by atoms with Crippen LogP contribution in [0.2, 0.25) is 0 Å². The van der Waals surface area contributed by atoms with Gasteiger partial charge in [0.2, 0.25) is 11.9 Å². The Labute approximate surface area is 96.2 Å². The van der Waals surface area contributed by atoms with Gasteiger partial charge in [-0.3, -0.25) is 15.2 Å². The number of hydrogen-bond donors (Lipinski definition) is 3. The SMILES string of the molecule is CCN=C(NN)NC(C)C(=O)N1CCCC1. The summed E-state index contributed by atoms with van der Waals surface area (Å²) in [6, 6.07) is -0.292. The van der Waals surface area contributed by atoms with E-state index in [1.54, 1.807) is 0 Å². The van der Waals surface area contributed by atoms with Crippen molar-refractivity contribution >= 4 is 11.9 Å². The van der Waals surface area contributed by atoms with Crippen LogP contribution in [0.4, 0.5) is 0 Å². The Morgan fingerprint density at radius 3 is 2.62 bits per heavy atom. The third-order valence-electron chi connectivity index (χ3n) is 2.59. The number of guanidine groups is 1. The van der Waals surface area contributed by atoms with Gasteiger partial charge in [0.15, 0.2) is 0 Å². The number of nitrogens with zero attached hydrogens (tertiary/aromatic N) is 2. The maximum atomic E-state index is 11.9. The van der Waals surface area contributed by atoms with E-state index in [2.05, 4.69) is 15.7 Å². The van der Waals surface area contributed by atoms with Gasteiger partial charge in [-0.25, -0.2) is 5.84 Å². The highest BCUT2D eigenvalue weighted by atomic mass is 16.2. The fraction of sp³-hybridized carbons (Fsp3) is 0.800. The van der Waals surface area contributed by atoms with Gasteiger partial charge >= 0.3 is 0 Å². The fourth-order valence-electron chi connectivity index (χ4n) is 1.77. The summed E-state index contributed by atoms with van der Waals surface area (Å²) in [6.45, 7) is 6.08. The average molecular weight is 227 g/mol. The predicted molar refractivity (Wildman–Crippen MR) is 63.7 cm³/mol. The summed E-state index contributed by atoms with van der Waals surface area (Å²) in [5, 5.41) is 2.97. The average Bonchev–Trinajstić information content (AvgIpc) is 2.80. The molecular weight excluding hydrogens is 206 g/mol. The first kappa shape index (κ1) is 12.8. The first-order valence-electron chi connectivity index (χ1n) is 5.75. The van der Waals surface area contributed by atoms with Gasteiger partial charge in [-0.05, 0) is 26.7 Å². The molecule has 1 aliphatic rings. The maximum absolute atomic E-state index is 11.9. The molecule has 1 rings (SSSR count). The molecule has 1 fully saturated rings. The van der Waals surface area contributed by atoms with E-state index in [9.17, 15) is 4.79 Å². The summed E-state index contributed by atoms with van der Waals surface area (Å²) < 4.78 is 0. The lowest BCUT2D eigenvalue weighted by molar-refractivity contribution is -0.131. The second kappa shape index (κ2) is 6.32. The first-order valence-corrected chi connectivity index (χ1v) is 5.75. The highest BCUT2D eigenvalue weighted by Gasteiger charge is 2.23. The number of hydrazine groups is 1. The number of likely N-dealkylation sites (tertiary alicyclic amines) is 1. The van der Waals surface area contributed by atoms with Gasteiger partial charge in [0.25, 0.3) is 0 Å². The topological polar surface area (TPSA) is 82.7 Å². The van der Waals surface area contributed by atoms with Crippen LogP contribution >= 0.6 is 0 Å². The molecule has 6 heteroatoms. The molecule has 0 radical (unpaired) electrons. The third-order valence-corrected chi connectivity index (χ3v) is 2.59. The van der Waals surface area contributed by atoms with Gasteiger partial charge in [0.1, 0.15) is 6.04 Å². The van der Waals surface area contributed by atoms with Gasteiger partial charge in [-0.2, -0.15) is 0 Å². The van der Waals surface area contributed by atoms with Crippen molar-refractivity contribution < 1.29 is 4.79 Å². The van der Waals surface area contributed by atoms with E-state index >= 15 is 0 Å². The zero-order valence-electron chi connectivity index (χ0n) is 9.99. The van der Waals surface area contributed by atoms with Crippen LogP contribution in [0, 0.1) is 0 Å². The molecule has 4 N–H and O–H groups in total. The van der Waals surface area contributed by atoms with Crippen molar-refractivity contribution in [3.63, 3.8) is 0 Å². The lowest BCUT2D eigenvalue weighted by Crippen LogP contribution is -2.51. The molecule has 0 spiro atoms. The minimum Gasteiger partial charge on any atom is -0.344 e. The molecule has 1 saturated heterocycles. The van der Waals surface area contributed by atoms with Crippen LogP contribution in [0.5, 0.6) is 0 Å². The summed E-state index contributed by atoms with van der Waals surface area (Å²) in [5.41, 5.74) is 2.45. The fourth-order valence-corrected chi connectivity index (χ4v) is 1.77. The monoisotopic (exact) mass is 227 g/mol. The second-order valence-corrected chi connectivity index (χ2v) is 3.87. The van der Waals surface area contributed by atoms with E-state index in [0.29, 0.717) is 12.5 Å². The number of hydrogen-bond acceptors (Lipinski definition) is 3. The number of rotatable bonds is 3. The van der Waals surface area contributed by atoms with Crippen LogP contribution < -0.4 is 16.6 Å². The van der Waals surface area contributed by atoms with E-state index in [4.69, 9.17) is 5.84 Å². The van der Waals surface area contributed by atoms with E-state index in [1.807, 2.05) is 18.7 Å². The Bertz CT molecular complexity index is 260. The van der Waals surface area contributed by atoms with Crippen LogP contribution in [0.25, 0.3) is 0 Å². The normalized spacial score (nSPS) is 18.4. The highest BCUT2D eigenvalue weighted by molar-refractivity contribution is 5.88. The van der Waals surface area contributed by atoms with Crippen LogP contribution in [0.15, 0.2) is 4.99 Å². The number of carbonyl (C=O) groups is 1. The summed E-state index contributed by atoms with van der Waals surface area (Å²) in [7, 11) is 0. The Balaban J connectivity index is 2.46. The second-order valence-electron chi connectivity index (χ2n) is 3.87. The quantitative estimate of drug-likeness (QED) is 0.261. The van der Waals surface area contributed by atoms with Crippen molar-refractivity contribution in [1.82, 2.24) is 15.6 Å². The zero-order chi connectivity index (χ0) is 12.0. The van der Waals surface area contributed by atoms with Crippen molar-refractivity contribution in [2.45, 2.75) is 32.7 Å². The molecular formula is C10H21N5O. The summed E-state index contributed by atoms with van der Waals surface area (Å²) >= 11 is 0. The van der Waals surface area contributed by atoms with E-state index < -0.39 is 0 Å². The largest absolute Gasteiger partial charge is 0.344 e. The zero-order valence-corrected chi connectivity index (χ0v) is 9.99. The summed E-state index contributed by atoms with van der Waals surface area (Å²) in [5.74, 6) is 5.86. The summed E-state index contributed by atoms with van der Waals surface area (Å²) in [6.07, 6.45) is 2.20. The molecule has 1 atom stereocenters. The van der Waals surface area contributed by atoms with Crippen molar-refractivity contribution in [2.75, 3.05) is 19.6 Å². The molecule has 16 heavy (non-hydrogen) atoms. The standard InChI is InChI=1S/C10H21N5O/c1-3-12-10(14-11)13-8(2)9(16)15-6-4-5-7-15/h8H,3-7,11H2,1-2H3,(H2,12,13,14). The van der Waals surface area contributed by atoms with E-state index in [-0.39, 0.29) is 11.9 Å². The molecule has 0 saturated carbocycles. The number of amides is 1. The smallest absolute Gasteiger partial charge is 0.244 e. The number of aliphatic imine (C=N–C) groups is 1. The molecule has 6 nitrogen and oxygen atoms in total. The minimum atomic E-state index is -0.292. The molecule has 1 aliphatic heterocycles. The molecule has 1 amide bonds. The predicted octanol–water partition coefficient (Wildman–Crippen LogP) is -0.574. The lowest BCUT2D eigenvalue weighted by Gasteiger charge is -2.22. The number of nitrogens with one attached hydrogen (secondary N) is 2. The molecule has 0 aliphatic carbocycles. The first-order chi connectivity index (χ1) is 7.69. The lowest BCUT2D eigenvalue weighted by atomic mass is 10.3. The van der Waals surface area contributed by atoms with Crippen LogP contribution in [-0.2, 0) is 4.79 Å². The Hall–Kier alpha value is -1.30. The van der Waals surface area contributed by atoms with Crippen LogP contribution in [0.3, 0.4) is 0 Å². The van der Waals surface area contributed by atoms with E-state index in [1.165, 1.54) is 0 Å². The van der Waals surface area contributed by atoms with Crippen molar-refractivity contribution in [2.24, 2.45) is 10.8 Å². The Morgan fingerprint density at radius 1 is 1.50 bits per heavy atom. The van der Waals surface area contributed by atoms with Crippen LogP contribution in [0.1, 0.15) is 26.7 Å². The van der Waals surface area contributed by atoms with Gasteiger partial charge < -0.3 is 10.2 Å². The molecule has 0 aromatic carbocycles. The molecule has 1 heterocycles. The van der Waals surface area contributed by atoms with Gasteiger partial charge in [-0.1, -0.05) is 0 Å². The molecule has 0 aromatic heterocycles. The number of carbonyl (C=O) groups excluding carboxylic acids is 1. The van der Waals surface area contributed by atoms with Gasteiger partial charge in [0.05, 0.1) is 0 Å². The van der Waals surface area contributed by atoms with Crippen molar-refractivity contribution in [1.29, 1.82) is 0 Å². The van der Waals surface area contributed by atoms with Crippen LogP contribution in [-0.4, -0.2) is 42.4 Å². The van der Waals surface area contributed by atoms with Gasteiger partial charge in [0, 0.05) is 19.6 Å². The third kappa shape index (κ3) is 3.37. The molecule has 92 valence electrons. The maximum Gasteiger partial charge on any atom is 0.244 e. The molecule has 0 aromatic rings. The molecule has 0 bridgehead atoms. The molecule has 1 unspecified atom stereocenters. The number of nitrogens with two attached hydrogens (primary N) is 1. The minimum absolute atomic E-state index is 0.108. The van der Waals surface area contributed by atoms with Crippen molar-refractivity contribution in [3.8, 4) is 0 Å². The van der Waals surface area contributed by atoms with E-state index in [0.717, 1.165) is 25.9 Å². The Morgan fingerprint density at radius 2 is 2.12 bits per heavy atom. The van der Waals surface area contributed by atoms with Crippen molar-refractivity contribution in [3.05, 3.63) is 0 Å². The highest BCUT2D eigenvalue weighted by Crippen LogP contribution is 2.08.